The third kappa shape index (κ3) is 4.00. The van der Waals surface area contributed by atoms with E-state index in [9.17, 15) is 9.59 Å². The lowest BCUT2D eigenvalue weighted by atomic mass is 9.94. The quantitative estimate of drug-likeness (QED) is 0.732. The molecule has 1 aliphatic rings. The highest BCUT2D eigenvalue weighted by Gasteiger charge is 2.38. The molecular weight excluding hydrogens is 222 g/mol. The number of carbonyl (C=O) groups is 2. The maximum atomic E-state index is 11.7. The molecule has 17 heavy (non-hydrogen) atoms. The van der Waals surface area contributed by atoms with Crippen LogP contribution in [0.4, 0.5) is 0 Å². The summed E-state index contributed by atoms with van der Waals surface area (Å²) >= 11 is 0. The van der Waals surface area contributed by atoms with Crippen LogP contribution in [0, 0.1) is 0 Å². The molecule has 2 atom stereocenters. The van der Waals surface area contributed by atoms with Crippen LogP contribution in [0.15, 0.2) is 0 Å². The van der Waals surface area contributed by atoms with Crippen molar-refractivity contribution in [3.05, 3.63) is 0 Å². The Morgan fingerprint density at radius 2 is 2.18 bits per heavy atom. The molecule has 1 amide bonds. The second-order valence-electron chi connectivity index (χ2n) is 4.53. The van der Waals surface area contributed by atoms with Crippen LogP contribution in [0.3, 0.4) is 0 Å². The van der Waals surface area contributed by atoms with Crippen molar-refractivity contribution in [3.8, 4) is 0 Å². The Balaban J connectivity index is 2.32. The highest BCUT2D eigenvalue weighted by atomic mass is 16.5. The van der Waals surface area contributed by atoms with Gasteiger partial charge in [0.05, 0.1) is 24.7 Å². The number of hydrogen-bond donors (Lipinski definition) is 1. The van der Waals surface area contributed by atoms with E-state index in [1.807, 2.05) is 13.8 Å². The van der Waals surface area contributed by atoms with Gasteiger partial charge >= 0.3 is 5.97 Å². The van der Waals surface area contributed by atoms with Crippen LogP contribution in [0.2, 0.25) is 0 Å². The van der Waals surface area contributed by atoms with Gasteiger partial charge in [0.25, 0.3) is 0 Å². The molecule has 1 N–H and O–H groups in total. The van der Waals surface area contributed by atoms with Gasteiger partial charge in [0.15, 0.2) is 0 Å². The molecule has 1 fully saturated rings. The molecule has 0 saturated carbocycles. The monoisotopic (exact) mass is 243 g/mol. The van der Waals surface area contributed by atoms with Crippen LogP contribution in [-0.2, 0) is 19.1 Å². The van der Waals surface area contributed by atoms with Crippen molar-refractivity contribution in [3.63, 3.8) is 0 Å². The van der Waals surface area contributed by atoms with Crippen molar-refractivity contribution >= 4 is 11.9 Å². The third-order valence-corrected chi connectivity index (χ3v) is 3.17. The Bertz CT molecular complexity index is 292. The fourth-order valence-corrected chi connectivity index (χ4v) is 1.83. The SMILES string of the molecule is CCOC(=O)CCC(=O)NC1(C)CCOC1C. The smallest absolute Gasteiger partial charge is 0.306 e. The fourth-order valence-electron chi connectivity index (χ4n) is 1.83. The minimum atomic E-state index is -0.330. The normalized spacial score (nSPS) is 27.8. The molecule has 0 spiro atoms. The summed E-state index contributed by atoms with van der Waals surface area (Å²) in [4.78, 5) is 22.8. The molecule has 1 saturated heterocycles. The van der Waals surface area contributed by atoms with E-state index in [0.29, 0.717) is 13.2 Å². The van der Waals surface area contributed by atoms with Crippen LogP contribution in [-0.4, -0.2) is 36.7 Å². The first-order chi connectivity index (χ1) is 7.98. The topological polar surface area (TPSA) is 64.6 Å². The molecule has 1 aliphatic heterocycles. The molecule has 5 nitrogen and oxygen atoms in total. The second-order valence-corrected chi connectivity index (χ2v) is 4.53. The van der Waals surface area contributed by atoms with Gasteiger partial charge in [-0.2, -0.15) is 0 Å². The zero-order valence-corrected chi connectivity index (χ0v) is 10.7. The third-order valence-electron chi connectivity index (χ3n) is 3.17. The van der Waals surface area contributed by atoms with E-state index in [1.165, 1.54) is 0 Å². The first-order valence-corrected chi connectivity index (χ1v) is 6.06. The molecule has 0 aromatic carbocycles. The standard InChI is InChI=1S/C12H21NO4/c1-4-16-11(15)6-5-10(14)13-12(3)7-8-17-9(12)2/h9H,4-8H2,1-3H3,(H,13,14). The average molecular weight is 243 g/mol. The maximum absolute atomic E-state index is 11.7. The molecule has 0 radical (unpaired) electrons. The molecule has 0 aromatic rings. The van der Waals surface area contributed by atoms with E-state index in [2.05, 4.69) is 5.32 Å². The van der Waals surface area contributed by atoms with Crippen molar-refractivity contribution in [2.75, 3.05) is 13.2 Å². The maximum Gasteiger partial charge on any atom is 0.306 e. The van der Waals surface area contributed by atoms with E-state index in [-0.39, 0.29) is 36.4 Å². The average Bonchev–Trinajstić information content (AvgIpc) is 2.57. The Morgan fingerprint density at radius 3 is 2.71 bits per heavy atom. The van der Waals surface area contributed by atoms with Crippen LogP contribution >= 0.6 is 0 Å². The molecule has 98 valence electrons. The van der Waals surface area contributed by atoms with Crippen LogP contribution in [0.5, 0.6) is 0 Å². The summed E-state index contributed by atoms with van der Waals surface area (Å²) in [5.41, 5.74) is -0.314. The van der Waals surface area contributed by atoms with Gasteiger partial charge in [-0.1, -0.05) is 0 Å². The van der Waals surface area contributed by atoms with E-state index < -0.39 is 0 Å². The molecule has 0 aliphatic carbocycles. The first-order valence-electron chi connectivity index (χ1n) is 6.06. The van der Waals surface area contributed by atoms with Crippen molar-refractivity contribution in [1.82, 2.24) is 5.32 Å². The van der Waals surface area contributed by atoms with E-state index in [0.717, 1.165) is 6.42 Å². The zero-order valence-electron chi connectivity index (χ0n) is 10.7. The fraction of sp³-hybridized carbons (Fsp3) is 0.833. The summed E-state index contributed by atoms with van der Waals surface area (Å²) in [5.74, 6) is -0.457. The highest BCUT2D eigenvalue weighted by molar-refractivity contribution is 5.81. The summed E-state index contributed by atoms with van der Waals surface area (Å²) in [7, 11) is 0. The second kappa shape index (κ2) is 6.00. The summed E-state index contributed by atoms with van der Waals surface area (Å²) in [6, 6.07) is 0. The minimum Gasteiger partial charge on any atom is -0.466 e. The van der Waals surface area contributed by atoms with Crippen LogP contribution in [0.25, 0.3) is 0 Å². The summed E-state index contributed by atoms with van der Waals surface area (Å²) < 4.78 is 10.2. The van der Waals surface area contributed by atoms with Gasteiger partial charge in [-0.15, -0.1) is 0 Å². The van der Waals surface area contributed by atoms with Crippen molar-refractivity contribution in [2.24, 2.45) is 0 Å². The minimum absolute atomic E-state index is 0.00837. The van der Waals surface area contributed by atoms with Gasteiger partial charge in [0.1, 0.15) is 0 Å². The van der Waals surface area contributed by atoms with Gasteiger partial charge in [-0.25, -0.2) is 0 Å². The van der Waals surface area contributed by atoms with Gasteiger partial charge < -0.3 is 14.8 Å². The Kier molecular flexibility index (Phi) is 4.93. The molecule has 1 heterocycles. The van der Waals surface area contributed by atoms with Crippen LogP contribution < -0.4 is 5.32 Å². The number of amides is 1. The van der Waals surface area contributed by atoms with Crippen molar-refractivity contribution < 1.29 is 19.1 Å². The molecule has 1 rings (SSSR count). The molecule has 0 aromatic heterocycles. The van der Waals surface area contributed by atoms with Crippen LogP contribution in [0.1, 0.15) is 40.0 Å². The number of carbonyl (C=O) groups excluding carboxylic acids is 2. The lowest BCUT2D eigenvalue weighted by molar-refractivity contribution is -0.144. The van der Waals surface area contributed by atoms with Gasteiger partial charge in [-0.3, -0.25) is 9.59 Å². The van der Waals surface area contributed by atoms with Crippen molar-refractivity contribution in [1.29, 1.82) is 0 Å². The Morgan fingerprint density at radius 1 is 1.47 bits per heavy atom. The predicted octanol–water partition coefficient (Wildman–Crippen LogP) is 1.01. The summed E-state index contributed by atoms with van der Waals surface area (Å²) in [6.45, 7) is 6.67. The lowest BCUT2D eigenvalue weighted by Crippen LogP contribution is -2.50. The first kappa shape index (κ1) is 14.0. The Hall–Kier alpha value is -1.10. The number of nitrogens with one attached hydrogen (secondary N) is 1. The molecule has 2 unspecified atom stereocenters. The number of hydrogen-bond acceptors (Lipinski definition) is 4. The largest absolute Gasteiger partial charge is 0.466 e. The van der Waals surface area contributed by atoms with E-state index in [1.54, 1.807) is 6.92 Å². The lowest BCUT2D eigenvalue weighted by Gasteiger charge is -2.28. The number of rotatable bonds is 5. The molecule has 0 bridgehead atoms. The number of esters is 1. The molecule has 5 heteroatoms. The highest BCUT2D eigenvalue weighted by Crippen LogP contribution is 2.25. The van der Waals surface area contributed by atoms with Gasteiger partial charge in [0, 0.05) is 13.0 Å². The summed E-state index contributed by atoms with van der Waals surface area (Å²) in [6.07, 6.45) is 1.11. The summed E-state index contributed by atoms with van der Waals surface area (Å²) in [5, 5.41) is 2.93. The van der Waals surface area contributed by atoms with E-state index >= 15 is 0 Å². The van der Waals surface area contributed by atoms with Crippen molar-refractivity contribution in [2.45, 2.75) is 51.7 Å². The zero-order chi connectivity index (χ0) is 12.9. The van der Waals surface area contributed by atoms with E-state index in [4.69, 9.17) is 9.47 Å². The Labute approximate surface area is 102 Å². The molecular formula is C12H21NO4. The predicted molar refractivity (Wildman–Crippen MR) is 62.4 cm³/mol. The number of ether oxygens (including phenoxy) is 2. The van der Waals surface area contributed by atoms with Gasteiger partial charge in [-0.05, 0) is 27.2 Å². The van der Waals surface area contributed by atoms with Gasteiger partial charge in [0.2, 0.25) is 5.91 Å².